The number of hydrogen-bond donors (Lipinski definition) is 0. The molecule has 6 rings (SSSR count). The molecule has 6 aromatic rings. The van der Waals surface area contributed by atoms with E-state index in [4.69, 9.17) is 0 Å². The maximum absolute atomic E-state index is 4.64. The summed E-state index contributed by atoms with van der Waals surface area (Å²) in [5, 5.41) is 2.78. The van der Waals surface area contributed by atoms with E-state index in [9.17, 15) is 0 Å². The summed E-state index contributed by atoms with van der Waals surface area (Å²) in [6.45, 7) is 11.3. The summed E-state index contributed by atoms with van der Waals surface area (Å²) < 4.78 is 12.0. The van der Waals surface area contributed by atoms with E-state index in [0.717, 1.165) is 23.7 Å². The van der Waals surface area contributed by atoms with Crippen LogP contribution in [-0.2, 0) is 12.8 Å². The number of fused-ring (bicyclic) bond motifs is 2. The van der Waals surface area contributed by atoms with E-state index in [1.54, 1.807) is 0 Å². The molecule has 2 nitrogen and oxygen atoms in total. The Morgan fingerprint density at radius 3 is 2.50 bits per heavy atom. The highest BCUT2D eigenvalue weighted by Crippen LogP contribution is 2.48. The van der Waals surface area contributed by atoms with Crippen molar-refractivity contribution in [1.29, 1.82) is 0 Å². The van der Waals surface area contributed by atoms with E-state index in [1.165, 1.54) is 98.8 Å². The maximum Gasteiger partial charge on any atom is 0.0855 e. The molecule has 0 aliphatic carbocycles. The summed E-state index contributed by atoms with van der Waals surface area (Å²) >= 11 is 9.15. The molecule has 40 heavy (non-hydrogen) atoms. The monoisotopic (exact) mass is 620 g/mol. The van der Waals surface area contributed by atoms with Crippen LogP contribution in [0.2, 0.25) is 0 Å². The Bertz CT molecular complexity index is 1740. The van der Waals surface area contributed by atoms with E-state index in [1.807, 2.05) is 45.3 Å². The largest absolute Gasteiger partial charge is 0.178 e. The van der Waals surface area contributed by atoms with Crippen molar-refractivity contribution in [2.45, 2.75) is 79.1 Å². The summed E-state index contributed by atoms with van der Waals surface area (Å²) in [6.07, 6.45) is 7.39. The molecule has 0 fully saturated rings. The molecule has 0 aliphatic rings. The second kappa shape index (κ2) is 12.1. The zero-order valence-corrected chi connectivity index (χ0v) is 28.0. The second-order valence-electron chi connectivity index (χ2n) is 10.8. The summed E-state index contributed by atoms with van der Waals surface area (Å²) in [7, 11) is 0. The van der Waals surface area contributed by atoms with E-state index >= 15 is 0 Å². The lowest BCUT2D eigenvalue weighted by molar-refractivity contribution is 0.452. The van der Waals surface area contributed by atoms with Gasteiger partial charge in [0, 0.05) is 55.5 Å². The minimum Gasteiger partial charge on any atom is -0.178 e. The third-order valence-electron chi connectivity index (χ3n) is 8.00. The Labute approximate surface area is 258 Å². The van der Waals surface area contributed by atoms with Gasteiger partial charge < -0.3 is 0 Å². The second-order valence-corrected chi connectivity index (χ2v) is 16.0. The van der Waals surface area contributed by atoms with Crippen LogP contribution in [0.1, 0.15) is 85.3 Å². The standard InChI is InChI=1S/C33H36N2S5/c1-6-9-10-21(7-2)16-23-11-12-28(37-23)31-24-15-19(4)36-29(24)17-22-18-30(39-33(22)31)27-14-13-26(38-27)20(5)32-25(8-3)34-40-35-32/h11-15,17-18,20-21H,6-10,16H2,1-5H3. The number of rotatable bonds is 11. The molecule has 0 spiro atoms. The molecule has 2 atom stereocenters. The summed E-state index contributed by atoms with van der Waals surface area (Å²) in [5.74, 6) is 1.07. The van der Waals surface area contributed by atoms with Crippen molar-refractivity contribution >= 4 is 77.2 Å². The zero-order valence-electron chi connectivity index (χ0n) is 23.9. The number of aryl methyl sites for hydroxylation is 2. The highest BCUT2D eigenvalue weighted by molar-refractivity contribution is 7.27. The third kappa shape index (κ3) is 5.48. The first-order chi connectivity index (χ1) is 19.5. The summed E-state index contributed by atoms with van der Waals surface area (Å²) in [6, 6.07) is 16.6. The molecule has 0 saturated heterocycles. The lowest BCUT2D eigenvalue weighted by Gasteiger charge is -2.12. The van der Waals surface area contributed by atoms with Gasteiger partial charge in [0.1, 0.15) is 0 Å². The molecule has 1 aromatic carbocycles. The van der Waals surface area contributed by atoms with Gasteiger partial charge in [0.25, 0.3) is 0 Å². The van der Waals surface area contributed by atoms with Crippen LogP contribution in [-0.4, -0.2) is 8.75 Å². The lowest BCUT2D eigenvalue weighted by atomic mass is 9.95. The van der Waals surface area contributed by atoms with Gasteiger partial charge in [0.15, 0.2) is 0 Å². The number of thiophene rings is 4. The van der Waals surface area contributed by atoms with Crippen molar-refractivity contribution < 1.29 is 0 Å². The Kier molecular flexibility index (Phi) is 8.57. The van der Waals surface area contributed by atoms with Crippen LogP contribution in [0, 0.1) is 12.8 Å². The minimum absolute atomic E-state index is 0.277. The molecule has 5 heterocycles. The Balaban J connectivity index is 1.38. The van der Waals surface area contributed by atoms with Crippen molar-refractivity contribution in [3.05, 3.63) is 68.5 Å². The lowest BCUT2D eigenvalue weighted by Crippen LogP contribution is -2.01. The van der Waals surface area contributed by atoms with Gasteiger partial charge in [-0.25, -0.2) is 0 Å². The fraction of sp³-hybridized carbons (Fsp3) is 0.394. The van der Waals surface area contributed by atoms with Crippen LogP contribution in [0.5, 0.6) is 0 Å². The number of nitrogens with zero attached hydrogens (tertiary/aromatic N) is 2. The molecule has 0 radical (unpaired) electrons. The Hall–Kier alpha value is -1.90. The molecule has 208 valence electrons. The van der Waals surface area contributed by atoms with Gasteiger partial charge in [-0.3, -0.25) is 0 Å². The number of unbranched alkanes of at least 4 members (excludes halogenated alkanes) is 1. The van der Waals surface area contributed by atoms with Gasteiger partial charge in [0.05, 0.1) is 23.1 Å². The van der Waals surface area contributed by atoms with Gasteiger partial charge in [-0.15, -0.1) is 45.3 Å². The quantitative estimate of drug-likeness (QED) is 0.144. The van der Waals surface area contributed by atoms with Crippen molar-refractivity contribution in [1.82, 2.24) is 8.75 Å². The normalized spacial score (nSPS) is 13.5. The van der Waals surface area contributed by atoms with Crippen molar-refractivity contribution in [2.75, 3.05) is 0 Å². The predicted octanol–water partition coefficient (Wildman–Crippen LogP) is 12.2. The Morgan fingerprint density at radius 2 is 1.70 bits per heavy atom. The SMILES string of the molecule is CCCCC(CC)Cc1ccc(-c2c3cc(C)sc3cc3cc(-c4ccc(C(C)c5nsnc5CC)s4)sc23)s1. The molecule has 7 heteroatoms. The van der Waals surface area contributed by atoms with Gasteiger partial charge in [-0.2, -0.15) is 8.75 Å². The highest BCUT2D eigenvalue weighted by atomic mass is 32.1. The van der Waals surface area contributed by atoms with Crippen molar-refractivity contribution in [3.8, 4) is 20.2 Å². The van der Waals surface area contributed by atoms with Gasteiger partial charge in [-0.05, 0) is 73.5 Å². The number of benzene rings is 1. The van der Waals surface area contributed by atoms with Crippen LogP contribution in [0.25, 0.3) is 40.4 Å². The molecule has 2 unspecified atom stereocenters. The van der Waals surface area contributed by atoms with Gasteiger partial charge >= 0.3 is 0 Å². The third-order valence-corrected chi connectivity index (χ3v) is 13.3. The molecule has 0 amide bonds. The fourth-order valence-electron chi connectivity index (χ4n) is 5.66. The molecular formula is C33H36N2S5. The van der Waals surface area contributed by atoms with Crippen molar-refractivity contribution in [3.63, 3.8) is 0 Å². The zero-order chi connectivity index (χ0) is 27.8. The van der Waals surface area contributed by atoms with Gasteiger partial charge in [-0.1, -0.05) is 53.4 Å². The van der Waals surface area contributed by atoms with Crippen molar-refractivity contribution in [2.24, 2.45) is 5.92 Å². The van der Waals surface area contributed by atoms with E-state index < -0.39 is 0 Å². The first-order valence-corrected chi connectivity index (χ1v) is 18.5. The molecule has 5 aromatic heterocycles. The van der Waals surface area contributed by atoms with Gasteiger partial charge in [0.2, 0.25) is 0 Å². The molecule has 0 aliphatic heterocycles. The highest BCUT2D eigenvalue weighted by Gasteiger charge is 2.21. The smallest absolute Gasteiger partial charge is 0.0855 e. The number of aromatic nitrogens is 2. The molecule has 0 N–H and O–H groups in total. The molecule has 0 bridgehead atoms. The topological polar surface area (TPSA) is 25.8 Å². The van der Waals surface area contributed by atoms with E-state index in [0.29, 0.717) is 0 Å². The molecular weight excluding hydrogens is 585 g/mol. The average molecular weight is 621 g/mol. The molecule has 0 saturated carbocycles. The van der Waals surface area contributed by atoms with Crippen LogP contribution in [0.4, 0.5) is 0 Å². The predicted molar refractivity (Wildman–Crippen MR) is 182 cm³/mol. The first kappa shape index (κ1) is 28.2. The van der Waals surface area contributed by atoms with Crippen LogP contribution >= 0.6 is 57.1 Å². The van der Waals surface area contributed by atoms with E-state index in [2.05, 4.69) is 85.8 Å². The summed E-state index contributed by atoms with van der Waals surface area (Å²) in [4.78, 5) is 8.42. The minimum atomic E-state index is 0.277. The maximum atomic E-state index is 4.64. The van der Waals surface area contributed by atoms with E-state index in [-0.39, 0.29) is 5.92 Å². The summed E-state index contributed by atoms with van der Waals surface area (Å²) in [5.41, 5.74) is 3.72. The van der Waals surface area contributed by atoms with Crippen LogP contribution in [0.15, 0.2) is 42.5 Å². The average Bonchev–Trinajstić information content (AvgIpc) is 3.78. The fourth-order valence-corrected chi connectivity index (χ4v) is 11.0. The number of hydrogen-bond acceptors (Lipinski definition) is 7. The van der Waals surface area contributed by atoms with Crippen LogP contribution < -0.4 is 0 Å². The Morgan fingerprint density at radius 1 is 0.850 bits per heavy atom. The first-order valence-electron chi connectivity index (χ1n) is 14.5. The van der Waals surface area contributed by atoms with Crippen LogP contribution in [0.3, 0.4) is 0 Å².